The van der Waals surface area contributed by atoms with Crippen molar-refractivity contribution in [3.8, 4) is 22.6 Å². The molecule has 0 amide bonds. The molecule has 0 aliphatic rings. The molecular weight excluding hydrogens is 578 g/mol. The number of hydrogen-bond acceptors (Lipinski definition) is 4. The first kappa shape index (κ1) is 27.6. The Morgan fingerprint density at radius 2 is 1.15 bits per heavy atom. The maximum atomic E-state index is 6.53. The van der Waals surface area contributed by atoms with E-state index in [1.165, 1.54) is 27.6 Å². The molecular formula is C41H33N5O. The van der Waals surface area contributed by atoms with Crippen LogP contribution in [0, 0.1) is 0 Å². The van der Waals surface area contributed by atoms with Gasteiger partial charge in [-0.1, -0.05) is 58.0 Å². The number of aromatic nitrogens is 5. The molecule has 0 aliphatic carbocycles. The Morgan fingerprint density at radius 3 is 1.79 bits per heavy atom. The van der Waals surface area contributed by atoms with E-state index in [2.05, 4.69) is 119 Å². The maximum Gasteiger partial charge on any atom is 0.145 e. The highest BCUT2D eigenvalue weighted by molar-refractivity contribution is 6.13. The molecule has 0 spiro atoms. The second-order valence-corrected chi connectivity index (χ2v) is 13.0. The number of nitrogens with zero attached hydrogens (tertiary/aromatic N) is 5. The van der Waals surface area contributed by atoms with E-state index in [0.717, 1.165) is 60.8 Å². The van der Waals surface area contributed by atoms with Crippen molar-refractivity contribution >= 4 is 54.6 Å². The Hall–Kier alpha value is -5.75. The lowest BCUT2D eigenvalue weighted by atomic mass is 9.84. The van der Waals surface area contributed by atoms with Gasteiger partial charge in [-0.05, 0) is 93.4 Å². The Kier molecular flexibility index (Phi) is 6.09. The summed E-state index contributed by atoms with van der Waals surface area (Å²) < 4.78 is 10.8. The monoisotopic (exact) mass is 611 g/mol. The Bertz CT molecular complexity index is 2650. The zero-order chi connectivity index (χ0) is 31.8. The quantitative estimate of drug-likeness (QED) is 0.182. The summed E-state index contributed by atoms with van der Waals surface area (Å²) in [4.78, 5) is 13.9. The number of fused-ring (bicyclic) bond motifs is 12. The molecule has 6 heteroatoms. The van der Waals surface area contributed by atoms with Crippen LogP contribution in [0.2, 0.25) is 0 Å². The van der Waals surface area contributed by atoms with E-state index in [9.17, 15) is 0 Å². The van der Waals surface area contributed by atoms with Crippen LogP contribution in [-0.4, -0.2) is 23.8 Å². The van der Waals surface area contributed by atoms with Gasteiger partial charge in [-0.25, -0.2) is 9.97 Å². The molecule has 0 aliphatic heterocycles. The zero-order valence-corrected chi connectivity index (χ0v) is 26.8. The van der Waals surface area contributed by atoms with E-state index in [1.54, 1.807) is 0 Å². The smallest absolute Gasteiger partial charge is 0.145 e. The molecule has 9 aromatic rings. The highest BCUT2D eigenvalue weighted by Crippen LogP contribution is 2.40. The standard InChI is InChI=1S/C41H33N5O/c1-24(2)29-6-5-7-30(25(3)4)39(29)26-8-11-33-31-12-9-27(21-34(31)41-44-17-19-46(41)38(33)20-26)47-28-10-13-32-35(22-28)40-43-16-18-45(40)37-14-15-42-23-36(32)37/h5-25H,1-4H3. The molecule has 0 atom stereocenters. The van der Waals surface area contributed by atoms with Crippen molar-refractivity contribution in [3.05, 3.63) is 127 Å². The number of ether oxygens (including phenoxy) is 1. The molecule has 228 valence electrons. The third-order valence-electron chi connectivity index (χ3n) is 9.54. The van der Waals surface area contributed by atoms with E-state index in [4.69, 9.17) is 9.72 Å². The molecule has 0 saturated carbocycles. The summed E-state index contributed by atoms with van der Waals surface area (Å²) in [6.07, 6.45) is 11.5. The molecule has 47 heavy (non-hydrogen) atoms. The normalized spacial score (nSPS) is 12.2. The molecule has 9 rings (SSSR count). The van der Waals surface area contributed by atoms with Crippen LogP contribution in [0.5, 0.6) is 11.5 Å². The Morgan fingerprint density at radius 1 is 0.553 bits per heavy atom. The molecule has 0 bridgehead atoms. The van der Waals surface area contributed by atoms with Crippen LogP contribution in [0.25, 0.3) is 65.8 Å². The second kappa shape index (κ2) is 10.4. The van der Waals surface area contributed by atoms with Gasteiger partial charge in [-0.15, -0.1) is 0 Å². The second-order valence-electron chi connectivity index (χ2n) is 13.0. The summed E-state index contributed by atoms with van der Waals surface area (Å²) in [5, 5.41) is 6.57. The topological polar surface area (TPSA) is 56.7 Å². The highest BCUT2D eigenvalue weighted by atomic mass is 16.5. The molecule has 5 aromatic heterocycles. The van der Waals surface area contributed by atoms with Gasteiger partial charge >= 0.3 is 0 Å². The van der Waals surface area contributed by atoms with Crippen LogP contribution < -0.4 is 4.74 Å². The molecule has 0 fully saturated rings. The molecule has 6 nitrogen and oxygen atoms in total. The number of rotatable bonds is 5. The van der Waals surface area contributed by atoms with E-state index in [-0.39, 0.29) is 0 Å². The van der Waals surface area contributed by atoms with E-state index in [0.29, 0.717) is 11.8 Å². The summed E-state index contributed by atoms with van der Waals surface area (Å²) in [7, 11) is 0. The van der Waals surface area contributed by atoms with Crippen LogP contribution in [0.1, 0.15) is 50.7 Å². The number of imidazole rings is 2. The summed E-state index contributed by atoms with van der Waals surface area (Å²) in [5.41, 5.74) is 9.38. The van der Waals surface area contributed by atoms with Gasteiger partial charge < -0.3 is 4.74 Å². The largest absolute Gasteiger partial charge is 0.457 e. The molecule has 0 unspecified atom stereocenters. The first-order valence-corrected chi connectivity index (χ1v) is 16.2. The van der Waals surface area contributed by atoms with Gasteiger partial charge in [0.15, 0.2) is 0 Å². The summed E-state index contributed by atoms with van der Waals surface area (Å²) in [6.45, 7) is 9.11. The minimum atomic E-state index is 0.423. The van der Waals surface area contributed by atoms with E-state index >= 15 is 0 Å². The zero-order valence-electron chi connectivity index (χ0n) is 26.8. The van der Waals surface area contributed by atoms with Crippen LogP contribution in [0.15, 0.2) is 116 Å². The van der Waals surface area contributed by atoms with Crippen molar-refractivity contribution in [1.82, 2.24) is 23.8 Å². The van der Waals surface area contributed by atoms with E-state index < -0.39 is 0 Å². The van der Waals surface area contributed by atoms with Gasteiger partial charge in [0.2, 0.25) is 0 Å². The fourth-order valence-electron chi connectivity index (χ4n) is 7.35. The van der Waals surface area contributed by atoms with Gasteiger partial charge in [-0.2, -0.15) is 0 Å². The Labute approximate surface area is 271 Å². The summed E-state index contributed by atoms with van der Waals surface area (Å²) >= 11 is 0. The third kappa shape index (κ3) is 4.21. The summed E-state index contributed by atoms with van der Waals surface area (Å²) in [6, 6.07) is 28.2. The van der Waals surface area contributed by atoms with Crippen molar-refractivity contribution in [2.24, 2.45) is 0 Å². The molecule has 0 N–H and O–H groups in total. The van der Waals surface area contributed by atoms with Crippen molar-refractivity contribution in [3.63, 3.8) is 0 Å². The molecule has 0 radical (unpaired) electrons. The van der Waals surface area contributed by atoms with Gasteiger partial charge in [0.05, 0.1) is 11.0 Å². The first-order valence-electron chi connectivity index (χ1n) is 16.2. The maximum absolute atomic E-state index is 6.53. The molecule has 4 aromatic carbocycles. The van der Waals surface area contributed by atoms with Crippen molar-refractivity contribution in [2.45, 2.75) is 39.5 Å². The number of benzene rings is 4. The van der Waals surface area contributed by atoms with Crippen LogP contribution >= 0.6 is 0 Å². The predicted octanol–water partition coefficient (Wildman–Crippen LogP) is 10.7. The van der Waals surface area contributed by atoms with Crippen molar-refractivity contribution < 1.29 is 4.74 Å². The average molecular weight is 612 g/mol. The van der Waals surface area contributed by atoms with E-state index in [1.807, 2.05) is 43.1 Å². The summed E-state index contributed by atoms with van der Waals surface area (Å²) in [5.74, 6) is 2.35. The lowest BCUT2D eigenvalue weighted by Gasteiger charge is -2.20. The predicted molar refractivity (Wildman–Crippen MR) is 192 cm³/mol. The number of pyridine rings is 3. The highest BCUT2D eigenvalue weighted by Gasteiger charge is 2.18. The number of hydrogen-bond donors (Lipinski definition) is 0. The lowest BCUT2D eigenvalue weighted by Crippen LogP contribution is -2.00. The van der Waals surface area contributed by atoms with Crippen molar-refractivity contribution in [1.29, 1.82) is 0 Å². The fourth-order valence-corrected chi connectivity index (χ4v) is 7.35. The SMILES string of the molecule is CC(C)c1cccc(C(C)C)c1-c1ccc2c3ccc(Oc4ccc5c6cnccc6n6ccnc6c5c4)cc3c3nccn3c2c1. The van der Waals surface area contributed by atoms with Crippen molar-refractivity contribution in [2.75, 3.05) is 0 Å². The minimum Gasteiger partial charge on any atom is -0.457 e. The third-order valence-corrected chi connectivity index (χ3v) is 9.54. The lowest BCUT2D eigenvalue weighted by molar-refractivity contribution is 0.484. The first-order chi connectivity index (χ1) is 23.0. The van der Waals surface area contributed by atoms with Crippen LogP contribution in [-0.2, 0) is 0 Å². The van der Waals surface area contributed by atoms with Gasteiger partial charge in [0.1, 0.15) is 22.8 Å². The molecule has 0 saturated heterocycles. The molecule has 5 heterocycles. The fraction of sp³-hybridized carbons (Fsp3) is 0.146. The average Bonchev–Trinajstić information content (AvgIpc) is 3.79. The van der Waals surface area contributed by atoms with Gasteiger partial charge in [-0.3, -0.25) is 13.8 Å². The van der Waals surface area contributed by atoms with Crippen LogP contribution in [0.3, 0.4) is 0 Å². The Balaban J connectivity index is 1.18. The van der Waals surface area contributed by atoms with Gasteiger partial charge in [0, 0.05) is 58.7 Å². The van der Waals surface area contributed by atoms with Crippen LogP contribution in [0.4, 0.5) is 0 Å². The van der Waals surface area contributed by atoms with Gasteiger partial charge in [0.25, 0.3) is 0 Å². The minimum absolute atomic E-state index is 0.423.